The molecule has 1 rings (SSSR count). The predicted molar refractivity (Wildman–Crippen MR) is 70.1 cm³/mol. The molecule has 0 fully saturated rings. The van der Waals surface area contributed by atoms with Crippen LogP contribution < -0.4 is 4.74 Å². The van der Waals surface area contributed by atoms with Gasteiger partial charge in [-0.3, -0.25) is 0 Å². The van der Waals surface area contributed by atoms with Crippen LogP contribution in [0, 0.1) is 0 Å². The van der Waals surface area contributed by atoms with E-state index >= 15 is 0 Å². The maximum absolute atomic E-state index is 8.37. The summed E-state index contributed by atoms with van der Waals surface area (Å²) in [6.07, 6.45) is 7.63. The van der Waals surface area contributed by atoms with Gasteiger partial charge in [-0.1, -0.05) is 37.8 Å². The van der Waals surface area contributed by atoms with Gasteiger partial charge in [0.25, 0.3) is 0 Å². The molecular formula is C14H21NO2. The van der Waals surface area contributed by atoms with E-state index in [1.807, 2.05) is 24.3 Å². The Hall–Kier alpha value is -1.51. The molecule has 0 aliphatic heterocycles. The molecule has 1 N–H and O–H groups in total. The topological polar surface area (TPSA) is 41.8 Å². The number of benzene rings is 1. The highest BCUT2D eigenvalue weighted by atomic mass is 16.5. The Morgan fingerprint density at radius 3 is 2.47 bits per heavy atom. The lowest BCUT2D eigenvalue weighted by Gasteiger charge is -2.05. The van der Waals surface area contributed by atoms with Crippen LogP contribution in [-0.4, -0.2) is 18.0 Å². The van der Waals surface area contributed by atoms with Gasteiger partial charge in [0.1, 0.15) is 5.75 Å². The van der Waals surface area contributed by atoms with Crippen LogP contribution in [0.15, 0.2) is 29.4 Å². The van der Waals surface area contributed by atoms with Gasteiger partial charge in [-0.15, -0.1) is 0 Å². The van der Waals surface area contributed by atoms with E-state index in [1.165, 1.54) is 31.9 Å². The second-order valence-electron chi connectivity index (χ2n) is 4.08. The highest BCUT2D eigenvalue weighted by molar-refractivity contribution is 5.79. The van der Waals surface area contributed by atoms with Gasteiger partial charge in [-0.05, 0) is 36.2 Å². The molecule has 3 nitrogen and oxygen atoms in total. The van der Waals surface area contributed by atoms with Crippen LogP contribution in [-0.2, 0) is 0 Å². The Balaban J connectivity index is 2.18. The van der Waals surface area contributed by atoms with Crippen LogP contribution >= 0.6 is 0 Å². The maximum Gasteiger partial charge on any atom is 0.119 e. The molecule has 0 spiro atoms. The van der Waals surface area contributed by atoms with Crippen molar-refractivity contribution in [3.63, 3.8) is 0 Å². The summed E-state index contributed by atoms with van der Waals surface area (Å²) in [5.74, 6) is 0.871. The summed E-state index contributed by atoms with van der Waals surface area (Å²) in [7, 11) is 0. The lowest BCUT2D eigenvalue weighted by Crippen LogP contribution is -1.97. The number of hydrogen-bond acceptors (Lipinski definition) is 3. The minimum absolute atomic E-state index is 0.775. The smallest absolute Gasteiger partial charge is 0.119 e. The van der Waals surface area contributed by atoms with E-state index in [-0.39, 0.29) is 0 Å². The van der Waals surface area contributed by atoms with Gasteiger partial charge in [0.2, 0.25) is 0 Å². The van der Waals surface area contributed by atoms with Crippen molar-refractivity contribution in [3.05, 3.63) is 29.8 Å². The molecule has 0 aliphatic rings. The van der Waals surface area contributed by atoms with Crippen molar-refractivity contribution in [1.82, 2.24) is 0 Å². The van der Waals surface area contributed by atoms with E-state index in [0.717, 1.165) is 24.3 Å². The zero-order valence-corrected chi connectivity index (χ0v) is 10.4. The first-order chi connectivity index (χ1) is 8.36. The van der Waals surface area contributed by atoms with Crippen LogP contribution in [0.1, 0.15) is 44.6 Å². The summed E-state index contributed by atoms with van der Waals surface area (Å²) in [4.78, 5) is 0. The molecule has 0 unspecified atom stereocenters. The molecule has 1 aromatic rings. The van der Waals surface area contributed by atoms with Gasteiger partial charge in [0, 0.05) is 0 Å². The molecule has 0 saturated heterocycles. The fourth-order valence-electron chi connectivity index (χ4n) is 1.61. The zero-order chi connectivity index (χ0) is 12.3. The molecule has 94 valence electrons. The molecule has 0 aromatic heterocycles. The first-order valence-corrected chi connectivity index (χ1v) is 6.27. The Labute approximate surface area is 103 Å². The molecule has 17 heavy (non-hydrogen) atoms. The molecule has 0 aliphatic carbocycles. The molecule has 0 amide bonds. The number of rotatable bonds is 8. The molecule has 0 saturated carbocycles. The van der Waals surface area contributed by atoms with E-state index in [9.17, 15) is 0 Å². The van der Waals surface area contributed by atoms with Gasteiger partial charge in [0.15, 0.2) is 0 Å². The van der Waals surface area contributed by atoms with Crippen molar-refractivity contribution in [2.45, 2.75) is 39.0 Å². The molecule has 0 bridgehead atoms. The Morgan fingerprint density at radius 2 is 1.82 bits per heavy atom. The summed E-state index contributed by atoms with van der Waals surface area (Å²) < 4.78 is 5.61. The normalized spacial score (nSPS) is 10.9. The summed E-state index contributed by atoms with van der Waals surface area (Å²) in [5, 5.41) is 11.3. The van der Waals surface area contributed by atoms with Crippen molar-refractivity contribution in [2.24, 2.45) is 5.16 Å². The zero-order valence-electron chi connectivity index (χ0n) is 10.4. The SMILES string of the molecule is CCCCCCCOc1ccc(C=NO)cc1. The number of hydrogen-bond donors (Lipinski definition) is 1. The lowest BCUT2D eigenvalue weighted by atomic mass is 10.2. The first kappa shape index (κ1) is 13.6. The van der Waals surface area contributed by atoms with Gasteiger partial charge < -0.3 is 9.94 Å². The summed E-state index contributed by atoms with van der Waals surface area (Å²) in [6, 6.07) is 7.52. The van der Waals surface area contributed by atoms with Crippen molar-refractivity contribution in [2.75, 3.05) is 6.61 Å². The number of oxime groups is 1. The average molecular weight is 235 g/mol. The summed E-state index contributed by atoms with van der Waals surface area (Å²) in [5.41, 5.74) is 0.864. The van der Waals surface area contributed by atoms with E-state index in [1.54, 1.807) is 0 Å². The molecule has 0 heterocycles. The summed E-state index contributed by atoms with van der Waals surface area (Å²) >= 11 is 0. The Kier molecular flexibility index (Phi) is 6.87. The minimum Gasteiger partial charge on any atom is -0.494 e. The average Bonchev–Trinajstić information content (AvgIpc) is 2.36. The van der Waals surface area contributed by atoms with Gasteiger partial charge in [-0.25, -0.2) is 0 Å². The highest BCUT2D eigenvalue weighted by Crippen LogP contribution is 2.12. The third-order valence-corrected chi connectivity index (χ3v) is 2.60. The van der Waals surface area contributed by atoms with Crippen LogP contribution in [0.5, 0.6) is 5.75 Å². The van der Waals surface area contributed by atoms with E-state index in [0.29, 0.717) is 0 Å². The predicted octanol–water partition coefficient (Wildman–Crippen LogP) is 3.84. The maximum atomic E-state index is 8.37. The Morgan fingerprint density at radius 1 is 1.12 bits per heavy atom. The summed E-state index contributed by atoms with van der Waals surface area (Å²) in [6.45, 7) is 2.99. The van der Waals surface area contributed by atoms with Crippen LogP contribution in [0.25, 0.3) is 0 Å². The van der Waals surface area contributed by atoms with Gasteiger partial charge in [0.05, 0.1) is 12.8 Å². The third kappa shape index (κ3) is 5.95. The molecule has 1 aromatic carbocycles. The Bertz CT molecular complexity index is 319. The second-order valence-corrected chi connectivity index (χ2v) is 4.08. The molecule has 0 radical (unpaired) electrons. The van der Waals surface area contributed by atoms with E-state index in [2.05, 4.69) is 12.1 Å². The number of unbranched alkanes of at least 4 members (excludes halogenated alkanes) is 4. The van der Waals surface area contributed by atoms with Crippen LogP contribution in [0.4, 0.5) is 0 Å². The van der Waals surface area contributed by atoms with E-state index < -0.39 is 0 Å². The number of nitrogens with zero attached hydrogens (tertiary/aromatic N) is 1. The fraction of sp³-hybridized carbons (Fsp3) is 0.500. The standard InChI is InChI=1S/C14H21NO2/c1-2-3-4-5-6-11-17-14-9-7-13(8-10-14)12-15-16/h7-10,12,16H,2-6,11H2,1H3. The third-order valence-electron chi connectivity index (χ3n) is 2.60. The first-order valence-electron chi connectivity index (χ1n) is 6.27. The largest absolute Gasteiger partial charge is 0.494 e. The van der Waals surface area contributed by atoms with Crippen molar-refractivity contribution in [3.8, 4) is 5.75 Å². The van der Waals surface area contributed by atoms with E-state index in [4.69, 9.17) is 9.94 Å². The second kappa shape index (κ2) is 8.62. The van der Waals surface area contributed by atoms with Crippen molar-refractivity contribution >= 4 is 6.21 Å². The number of ether oxygens (including phenoxy) is 1. The minimum atomic E-state index is 0.775. The van der Waals surface area contributed by atoms with Crippen molar-refractivity contribution in [1.29, 1.82) is 0 Å². The van der Waals surface area contributed by atoms with Gasteiger partial charge >= 0.3 is 0 Å². The van der Waals surface area contributed by atoms with Crippen LogP contribution in [0.3, 0.4) is 0 Å². The molecule has 0 atom stereocenters. The molecule has 3 heteroatoms. The lowest BCUT2D eigenvalue weighted by molar-refractivity contribution is 0.304. The van der Waals surface area contributed by atoms with Crippen LogP contribution in [0.2, 0.25) is 0 Å². The quantitative estimate of drug-likeness (QED) is 0.322. The molecular weight excluding hydrogens is 214 g/mol. The fourth-order valence-corrected chi connectivity index (χ4v) is 1.61. The monoisotopic (exact) mass is 235 g/mol. The highest BCUT2D eigenvalue weighted by Gasteiger charge is 1.94. The van der Waals surface area contributed by atoms with Crippen molar-refractivity contribution < 1.29 is 9.94 Å². The van der Waals surface area contributed by atoms with Gasteiger partial charge in [-0.2, -0.15) is 0 Å².